The quantitative estimate of drug-likeness (QED) is 0.524. The Balaban J connectivity index is 1.51. The number of aromatic amines is 1. The summed E-state index contributed by atoms with van der Waals surface area (Å²) >= 11 is 0. The maximum Gasteiger partial charge on any atom is 0.155 e. The standard InChI is InChI=1S/C23H26N6/c1-16-6-5-9-19(26-16)23-22(18-12-13-29-21(14-18)24-15-25-29)27-20(28-23)11-10-17-7-3-2-4-8-17/h5-6,9,12-15,17H,2-4,7-8,10-11H2,1H3,(H,27,28). The summed E-state index contributed by atoms with van der Waals surface area (Å²) in [5.74, 6) is 1.88. The molecule has 4 aromatic rings. The molecule has 5 rings (SSSR count). The molecule has 0 amide bonds. The molecule has 4 heterocycles. The lowest BCUT2D eigenvalue weighted by Gasteiger charge is -2.20. The third-order valence-electron chi connectivity index (χ3n) is 5.97. The van der Waals surface area contributed by atoms with Crippen LogP contribution in [-0.2, 0) is 6.42 Å². The molecule has 6 nitrogen and oxygen atoms in total. The predicted octanol–water partition coefficient (Wildman–Crippen LogP) is 5.00. The number of aromatic nitrogens is 6. The zero-order valence-corrected chi connectivity index (χ0v) is 16.8. The van der Waals surface area contributed by atoms with Gasteiger partial charge in [-0.3, -0.25) is 4.98 Å². The molecule has 1 saturated carbocycles. The topological polar surface area (TPSA) is 71.8 Å². The number of H-pyrrole nitrogens is 1. The van der Waals surface area contributed by atoms with Crippen LogP contribution in [-0.4, -0.2) is 29.5 Å². The number of rotatable bonds is 5. The average Bonchev–Trinajstić information content (AvgIpc) is 3.39. The second-order valence-corrected chi connectivity index (χ2v) is 8.09. The number of fused-ring (bicyclic) bond motifs is 1. The zero-order chi connectivity index (χ0) is 19.6. The normalized spacial score (nSPS) is 15.2. The Hall–Kier alpha value is -3.02. The van der Waals surface area contributed by atoms with Crippen LogP contribution in [0.2, 0.25) is 0 Å². The number of nitrogens with zero attached hydrogens (tertiary/aromatic N) is 5. The van der Waals surface area contributed by atoms with E-state index in [2.05, 4.69) is 15.1 Å². The minimum atomic E-state index is 0.817. The summed E-state index contributed by atoms with van der Waals surface area (Å²) in [6.07, 6.45) is 12.6. The minimum Gasteiger partial charge on any atom is -0.340 e. The fraction of sp³-hybridized carbons (Fsp3) is 0.391. The van der Waals surface area contributed by atoms with Crippen LogP contribution < -0.4 is 0 Å². The third-order valence-corrected chi connectivity index (χ3v) is 5.97. The number of aryl methyl sites for hydroxylation is 2. The Labute approximate surface area is 170 Å². The van der Waals surface area contributed by atoms with Crippen molar-refractivity contribution < 1.29 is 0 Å². The Morgan fingerprint density at radius 2 is 2.00 bits per heavy atom. The zero-order valence-electron chi connectivity index (χ0n) is 16.8. The second-order valence-electron chi connectivity index (χ2n) is 8.09. The van der Waals surface area contributed by atoms with E-state index in [4.69, 9.17) is 9.97 Å². The number of nitrogens with one attached hydrogen (secondary N) is 1. The van der Waals surface area contributed by atoms with Gasteiger partial charge in [0.05, 0.1) is 17.1 Å². The molecule has 29 heavy (non-hydrogen) atoms. The van der Waals surface area contributed by atoms with E-state index in [1.54, 1.807) is 10.8 Å². The summed E-state index contributed by atoms with van der Waals surface area (Å²) in [5.41, 5.74) is 5.70. The van der Waals surface area contributed by atoms with Crippen molar-refractivity contribution in [2.45, 2.75) is 51.9 Å². The molecule has 1 fully saturated rings. The highest BCUT2D eigenvalue weighted by Gasteiger charge is 2.18. The van der Waals surface area contributed by atoms with Gasteiger partial charge in [-0.05, 0) is 43.5 Å². The van der Waals surface area contributed by atoms with E-state index in [0.29, 0.717) is 0 Å². The first kappa shape index (κ1) is 18.0. The molecule has 4 aromatic heterocycles. The van der Waals surface area contributed by atoms with Crippen molar-refractivity contribution >= 4 is 5.65 Å². The molecule has 0 unspecified atom stereocenters. The molecule has 1 N–H and O–H groups in total. The van der Waals surface area contributed by atoms with Crippen LogP contribution in [0.1, 0.15) is 50.0 Å². The summed E-state index contributed by atoms with van der Waals surface area (Å²) in [4.78, 5) is 17.7. The first-order chi connectivity index (χ1) is 14.3. The highest BCUT2D eigenvalue weighted by atomic mass is 15.3. The Morgan fingerprint density at radius 1 is 1.10 bits per heavy atom. The Morgan fingerprint density at radius 3 is 2.86 bits per heavy atom. The first-order valence-corrected chi connectivity index (χ1v) is 10.6. The maximum absolute atomic E-state index is 5.01. The summed E-state index contributed by atoms with van der Waals surface area (Å²) in [6.45, 7) is 2.02. The van der Waals surface area contributed by atoms with Crippen LogP contribution >= 0.6 is 0 Å². The molecule has 6 heteroatoms. The van der Waals surface area contributed by atoms with Gasteiger partial charge in [0.15, 0.2) is 5.65 Å². The van der Waals surface area contributed by atoms with Gasteiger partial charge in [0.2, 0.25) is 0 Å². The van der Waals surface area contributed by atoms with Crippen molar-refractivity contribution in [3.05, 3.63) is 54.4 Å². The SMILES string of the molecule is Cc1cccc(-c2[nH]c(CCC3CCCCC3)nc2-c2ccn3ncnc3c2)n1. The summed E-state index contributed by atoms with van der Waals surface area (Å²) in [6, 6.07) is 10.2. The molecule has 1 aliphatic rings. The van der Waals surface area contributed by atoms with E-state index >= 15 is 0 Å². The highest BCUT2D eigenvalue weighted by molar-refractivity contribution is 5.78. The fourth-order valence-electron chi connectivity index (χ4n) is 4.40. The van der Waals surface area contributed by atoms with Crippen LogP contribution in [0.15, 0.2) is 42.9 Å². The van der Waals surface area contributed by atoms with Gasteiger partial charge >= 0.3 is 0 Å². The van der Waals surface area contributed by atoms with Gasteiger partial charge in [0.1, 0.15) is 12.2 Å². The van der Waals surface area contributed by atoms with Gasteiger partial charge in [-0.1, -0.05) is 38.2 Å². The Bertz CT molecular complexity index is 1120. The van der Waals surface area contributed by atoms with Crippen molar-refractivity contribution in [2.75, 3.05) is 0 Å². The van der Waals surface area contributed by atoms with Crippen molar-refractivity contribution in [3.8, 4) is 22.6 Å². The second kappa shape index (κ2) is 7.78. The van der Waals surface area contributed by atoms with Crippen LogP contribution in [0, 0.1) is 12.8 Å². The first-order valence-electron chi connectivity index (χ1n) is 10.6. The third kappa shape index (κ3) is 3.79. The van der Waals surface area contributed by atoms with Gasteiger partial charge in [-0.25, -0.2) is 14.5 Å². The van der Waals surface area contributed by atoms with Gasteiger partial charge < -0.3 is 4.98 Å². The molecule has 0 radical (unpaired) electrons. The van der Waals surface area contributed by atoms with Crippen molar-refractivity contribution in [3.63, 3.8) is 0 Å². The molecular formula is C23H26N6. The number of hydrogen-bond acceptors (Lipinski definition) is 4. The average molecular weight is 387 g/mol. The summed E-state index contributed by atoms with van der Waals surface area (Å²) in [5, 5.41) is 4.20. The molecule has 0 bridgehead atoms. The van der Waals surface area contributed by atoms with Gasteiger partial charge in [0.25, 0.3) is 0 Å². The van der Waals surface area contributed by atoms with Crippen LogP contribution in [0.4, 0.5) is 0 Å². The summed E-state index contributed by atoms with van der Waals surface area (Å²) in [7, 11) is 0. The van der Waals surface area contributed by atoms with E-state index in [1.165, 1.54) is 38.5 Å². The predicted molar refractivity (Wildman–Crippen MR) is 113 cm³/mol. The van der Waals surface area contributed by atoms with Crippen LogP contribution in [0.5, 0.6) is 0 Å². The lowest BCUT2D eigenvalue weighted by molar-refractivity contribution is 0.337. The molecule has 0 aromatic carbocycles. The van der Waals surface area contributed by atoms with Gasteiger partial charge in [-0.15, -0.1) is 0 Å². The lowest BCUT2D eigenvalue weighted by Crippen LogP contribution is -2.07. The molecule has 0 saturated heterocycles. The van der Waals surface area contributed by atoms with Crippen LogP contribution in [0.25, 0.3) is 28.3 Å². The van der Waals surface area contributed by atoms with Crippen LogP contribution in [0.3, 0.4) is 0 Å². The van der Waals surface area contributed by atoms with Gasteiger partial charge in [0, 0.05) is 23.9 Å². The maximum atomic E-state index is 5.01. The van der Waals surface area contributed by atoms with E-state index in [9.17, 15) is 0 Å². The molecule has 0 spiro atoms. The van der Waals surface area contributed by atoms with Crippen molar-refractivity contribution in [2.24, 2.45) is 5.92 Å². The Kier molecular flexibility index (Phi) is 4.84. The summed E-state index contributed by atoms with van der Waals surface area (Å²) < 4.78 is 1.77. The van der Waals surface area contributed by atoms with E-state index in [1.807, 2.05) is 43.5 Å². The van der Waals surface area contributed by atoms with E-state index < -0.39 is 0 Å². The van der Waals surface area contributed by atoms with E-state index in [0.717, 1.165) is 52.1 Å². The van der Waals surface area contributed by atoms with Crippen molar-refractivity contribution in [1.29, 1.82) is 0 Å². The number of imidazole rings is 1. The monoisotopic (exact) mass is 386 g/mol. The van der Waals surface area contributed by atoms with Gasteiger partial charge in [-0.2, -0.15) is 5.10 Å². The molecule has 148 valence electrons. The minimum absolute atomic E-state index is 0.817. The van der Waals surface area contributed by atoms with Crippen molar-refractivity contribution in [1.82, 2.24) is 29.5 Å². The molecule has 0 aliphatic heterocycles. The molecular weight excluding hydrogens is 360 g/mol. The lowest BCUT2D eigenvalue weighted by atomic mass is 9.86. The molecule has 1 aliphatic carbocycles. The molecule has 0 atom stereocenters. The highest BCUT2D eigenvalue weighted by Crippen LogP contribution is 2.32. The fourth-order valence-corrected chi connectivity index (χ4v) is 4.40. The largest absolute Gasteiger partial charge is 0.340 e. The smallest absolute Gasteiger partial charge is 0.155 e. The number of hydrogen-bond donors (Lipinski definition) is 1. The number of pyridine rings is 2. The van der Waals surface area contributed by atoms with E-state index in [-0.39, 0.29) is 0 Å².